The van der Waals surface area contributed by atoms with Gasteiger partial charge in [-0.2, -0.15) is 0 Å². The average molecular weight is 590 g/mol. The third-order valence-corrected chi connectivity index (χ3v) is 10.3. The summed E-state index contributed by atoms with van der Waals surface area (Å²) in [6, 6.07) is 5.96. The van der Waals surface area contributed by atoms with Crippen molar-refractivity contribution in [2.45, 2.75) is 87.7 Å². The highest BCUT2D eigenvalue weighted by molar-refractivity contribution is 6.31. The summed E-state index contributed by atoms with van der Waals surface area (Å²) in [6.07, 6.45) is 5.97. The lowest BCUT2D eigenvalue weighted by Gasteiger charge is -2.50. The lowest BCUT2D eigenvalue weighted by molar-refractivity contribution is -0.127. The van der Waals surface area contributed by atoms with E-state index in [-0.39, 0.29) is 27.9 Å². The van der Waals surface area contributed by atoms with Crippen LogP contribution in [0.4, 0.5) is 10.1 Å². The minimum absolute atomic E-state index is 0.0695. The van der Waals surface area contributed by atoms with Crippen LogP contribution >= 0.6 is 23.2 Å². The first kappa shape index (κ1) is 27.9. The minimum atomic E-state index is -1.29. The molecule has 2 aromatic rings. The molecule has 1 aromatic heterocycles. The van der Waals surface area contributed by atoms with Gasteiger partial charge >= 0.3 is 0 Å². The molecular weight excluding hydrogens is 554 g/mol. The van der Waals surface area contributed by atoms with Crippen LogP contribution in [0.25, 0.3) is 0 Å². The molecule has 1 unspecified atom stereocenters. The molecule has 1 aromatic carbocycles. The normalized spacial score (nSPS) is 32.2. The number of rotatable bonds is 3. The van der Waals surface area contributed by atoms with E-state index in [9.17, 15) is 9.59 Å². The molecule has 1 saturated carbocycles. The highest BCUT2D eigenvalue weighted by Crippen LogP contribution is 2.64. The number of halogens is 3. The highest BCUT2D eigenvalue weighted by Gasteiger charge is 2.73. The van der Waals surface area contributed by atoms with Gasteiger partial charge in [-0.15, -0.1) is 0 Å². The lowest BCUT2D eigenvalue weighted by atomic mass is 9.53. The van der Waals surface area contributed by atoms with Gasteiger partial charge in [0.05, 0.1) is 18.2 Å². The second kappa shape index (κ2) is 9.65. The van der Waals surface area contributed by atoms with Gasteiger partial charge in [-0.25, -0.2) is 9.37 Å². The molecule has 6 rings (SSSR count). The molecule has 0 bridgehead atoms. The van der Waals surface area contributed by atoms with Crippen LogP contribution in [0.15, 0.2) is 30.5 Å². The number of hydrogen-bond donors (Lipinski definition) is 3. The number of fused-ring (bicyclic) bond motifs is 3. The second-order valence-corrected chi connectivity index (χ2v) is 13.8. The van der Waals surface area contributed by atoms with Crippen LogP contribution in [-0.4, -0.2) is 47.1 Å². The van der Waals surface area contributed by atoms with E-state index < -0.39 is 34.3 Å². The van der Waals surface area contributed by atoms with E-state index in [0.717, 1.165) is 25.7 Å². The number of anilines is 1. The molecule has 3 aliphatic heterocycles. The van der Waals surface area contributed by atoms with Crippen LogP contribution in [0.2, 0.25) is 10.2 Å². The van der Waals surface area contributed by atoms with Crippen molar-refractivity contribution in [3.8, 4) is 0 Å². The Labute approximate surface area is 243 Å². The molecule has 3 N–H and O–H groups in total. The largest absolute Gasteiger partial charge is 0.379 e. The quantitative estimate of drug-likeness (QED) is 0.412. The molecule has 2 amide bonds. The Morgan fingerprint density at radius 1 is 1.12 bits per heavy atom. The predicted molar refractivity (Wildman–Crippen MR) is 152 cm³/mol. The summed E-state index contributed by atoms with van der Waals surface area (Å²) < 4.78 is 21.7. The number of amides is 2. The molecule has 2 spiro atoms. The molecular formula is C30H35Cl2FN4O3. The maximum absolute atomic E-state index is 16.0. The SMILES string of the molecule is CC1(C)CCC2(CC1)N[C@@H](C(=O)NC1(C)CCCOC1)[C@H](c1ccnc(Cl)c1F)[C@]21C(=O)Nc2cc(Cl)ccc21. The summed E-state index contributed by atoms with van der Waals surface area (Å²) in [5, 5.41) is 10.2. The van der Waals surface area contributed by atoms with Gasteiger partial charge in [0, 0.05) is 35.0 Å². The van der Waals surface area contributed by atoms with Crippen molar-refractivity contribution in [1.29, 1.82) is 0 Å². The van der Waals surface area contributed by atoms with Crippen LogP contribution in [0.1, 0.15) is 76.3 Å². The van der Waals surface area contributed by atoms with Gasteiger partial charge < -0.3 is 15.4 Å². The number of carbonyl (C=O) groups is 2. The zero-order valence-electron chi connectivity index (χ0n) is 23.0. The number of nitrogens with one attached hydrogen (secondary N) is 3. The summed E-state index contributed by atoms with van der Waals surface area (Å²) in [6.45, 7) is 7.44. The standard InChI is InChI=1S/C30H35Cl2FN4O3/c1-27(2)9-11-29(12-10-27)30(19-6-5-17(31)15-20(19)35-26(30)39)21(18-7-13-34-24(32)22(18)33)23(36-29)25(38)37-28(3)8-4-14-40-16-28/h5-7,13,15,21,23,36H,4,8-12,14,16H2,1-3H3,(H,35,39)(H,37,38)/t21-,23+,28?,30+/m0/s1. The van der Waals surface area contributed by atoms with E-state index in [1.54, 1.807) is 18.2 Å². The predicted octanol–water partition coefficient (Wildman–Crippen LogP) is 5.50. The second-order valence-electron chi connectivity index (χ2n) is 13.0. The molecule has 2 saturated heterocycles. The van der Waals surface area contributed by atoms with E-state index in [1.807, 2.05) is 13.0 Å². The number of benzene rings is 1. The Morgan fingerprint density at radius 2 is 1.88 bits per heavy atom. The molecule has 10 heteroatoms. The molecule has 214 valence electrons. The van der Waals surface area contributed by atoms with Crippen LogP contribution in [-0.2, 0) is 19.7 Å². The van der Waals surface area contributed by atoms with E-state index in [0.29, 0.717) is 42.3 Å². The van der Waals surface area contributed by atoms with Gasteiger partial charge in [-0.3, -0.25) is 14.9 Å². The van der Waals surface area contributed by atoms with Crippen molar-refractivity contribution < 1.29 is 18.7 Å². The average Bonchev–Trinajstić information content (AvgIpc) is 3.36. The maximum Gasteiger partial charge on any atom is 0.238 e. The molecule has 4 atom stereocenters. The lowest BCUT2D eigenvalue weighted by Crippen LogP contribution is -2.62. The van der Waals surface area contributed by atoms with Gasteiger partial charge in [0.1, 0.15) is 5.41 Å². The topological polar surface area (TPSA) is 92.3 Å². The first-order valence-corrected chi connectivity index (χ1v) is 14.8. The van der Waals surface area contributed by atoms with Crippen molar-refractivity contribution in [3.05, 3.63) is 57.6 Å². The molecule has 3 fully saturated rings. The zero-order chi connectivity index (χ0) is 28.5. The minimum Gasteiger partial charge on any atom is -0.379 e. The van der Waals surface area contributed by atoms with Crippen molar-refractivity contribution in [2.24, 2.45) is 5.41 Å². The summed E-state index contributed by atoms with van der Waals surface area (Å²) in [5.74, 6) is -2.17. The fraction of sp³-hybridized carbons (Fsp3) is 0.567. The molecule has 40 heavy (non-hydrogen) atoms. The molecule has 1 aliphatic carbocycles. The molecule has 0 radical (unpaired) electrons. The van der Waals surface area contributed by atoms with E-state index in [2.05, 4.69) is 34.8 Å². The smallest absolute Gasteiger partial charge is 0.238 e. The first-order chi connectivity index (χ1) is 18.9. The summed E-state index contributed by atoms with van der Waals surface area (Å²) in [7, 11) is 0. The monoisotopic (exact) mass is 588 g/mol. The van der Waals surface area contributed by atoms with Gasteiger partial charge in [-0.1, -0.05) is 43.1 Å². The Morgan fingerprint density at radius 3 is 2.58 bits per heavy atom. The third kappa shape index (κ3) is 4.17. The van der Waals surface area contributed by atoms with Gasteiger partial charge in [0.15, 0.2) is 11.0 Å². The number of nitrogens with zero attached hydrogens (tertiary/aromatic N) is 1. The Kier molecular flexibility index (Phi) is 6.73. The summed E-state index contributed by atoms with van der Waals surface area (Å²) >= 11 is 12.6. The van der Waals surface area contributed by atoms with Crippen molar-refractivity contribution in [1.82, 2.24) is 15.6 Å². The van der Waals surface area contributed by atoms with Crippen molar-refractivity contribution in [2.75, 3.05) is 18.5 Å². The van der Waals surface area contributed by atoms with E-state index >= 15 is 4.39 Å². The number of carbonyl (C=O) groups excluding carboxylic acids is 2. The van der Waals surface area contributed by atoms with E-state index in [4.69, 9.17) is 27.9 Å². The van der Waals surface area contributed by atoms with Crippen LogP contribution in [0.5, 0.6) is 0 Å². The number of ether oxygens (including phenoxy) is 1. The van der Waals surface area contributed by atoms with Crippen molar-refractivity contribution in [3.63, 3.8) is 0 Å². The molecule has 7 nitrogen and oxygen atoms in total. The van der Waals surface area contributed by atoms with Gasteiger partial charge in [-0.05, 0) is 80.2 Å². The Bertz CT molecular complexity index is 1370. The van der Waals surface area contributed by atoms with Gasteiger partial charge in [0.25, 0.3) is 0 Å². The Balaban J connectivity index is 1.57. The number of aromatic nitrogens is 1. The molecule has 4 heterocycles. The number of hydrogen-bond acceptors (Lipinski definition) is 5. The maximum atomic E-state index is 16.0. The highest BCUT2D eigenvalue weighted by atomic mass is 35.5. The van der Waals surface area contributed by atoms with Gasteiger partial charge in [0.2, 0.25) is 11.8 Å². The number of pyridine rings is 1. The van der Waals surface area contributed by atoms with Crippen molar-refractivity contribution >= 4 is 40.7 Å². The third-order valence-electron chi connectivity index (χ3n) is 9.81. The van der Waals surface area contributed by atoms with E-state index in [1.165, 1.54) is 6.20 Å². The van der Waals surface area contributed by atoms with Crippen LogP contribution < -0.4 is 16.0 Å². The summed E-state index contributed by atoms with van der Waals surface area (Å²) in [5.41, 5.74) is -1.11. The van der Waals surface area contributed by atoms with Crippen LogP contribution in [0, 0.1) is 11.2 Å². The molecule has 4 aliphatic rings. The first-order valence-electron chi connectivity index (χ1n) is 14.0. The Hall–Kier alpha value is -2.26. The fourth-order valence-corrected chi connectivity index (χ4v) is 8.07. The zero-order valence-corrected chi connectivity index (χ0v) is 24.5. The fourth-order valence-electron chi connectivity index (χ4n) is 7.74. The summed E-state index contributed by atoms with van der Waals surface area (Å²) in [4.78, 5) is 32.7. The van der Waals surface area contributed by atoms with Crippen LogP contribution in [0.3, 0.4) is 0 Å².